The summed E-state index contributed by atoms with van der Waals surface area (Å²) in [6, 6.07) is 1.10. The number of hydrogen-bond acceptors (Lipinski definition) is 3. The number of likely N-dealkylation sites (tertiary alicyclic amines) is 1. The third kappa shape index (κ3) is 2.79. The highest BCUT2D eigenvalue weighted by atomic mass is 16.1. The van der Waals surface area contributed by atoms with Crippen LogP contribution in [0.3, 0.4) is 0 Å². The van der Waals surface area contributed by atoms with Crippen LogP contribution in [0.5, 0.6) is 0 Å². The van der Waals surface area contributed by atoms with Gasteiger partial charge in [-0.1, -0.05) is 6.92 Å². The highest BCUT2D eigenvalue weighted by Gasteiger charge is 2.46. The van der Waals surface area contributed by atoms with Crippen molar-refractivity contribution in [2.45, 2.75) is 69.5 Å². The Morgan fingerprint density at radius 1 is 1.32 bits per heavy atom. The topological polar surface area (TPSA) is 58.4 Å². The number of hydrogen-bond donors (Lipinski definition) is 2. The average molecular weight is 265 g/mol. The normalized spacial score (nSPS) is 40.5. The monoisotopic (exact) mass is 265 g/mol. The Kier molecular flexibility index (Phi) is 3.56. The second-order valence-corrected chi connectivity index (χ2v) is 7.00. The molecule has 3 unspecified atom stereocenters. The van der Waals surface area contributed by atoms with Gasteiger partial charge in [0.05, 0.1) is 5.54 Å². The van der Waals surface area contributed by atoms with Crippen LogP contribution in [0.1, 0.15) is 51.9 Å². The smallest absolute Gasteiger partial charge is 0.237 e. The molecule has 108 valence electrons. The summed E-state index contributed by atoms with van der Waals surface area (Å²) < 4.78 is 0. The molecule has 0 aromatic heterocycles. The van der Waals surface area contributed by atoms with E-state index in [0.717, 1.165) is 25.2 Å². The molecule has 0 spiro atoms. The van der Waals surface area contributed by atoms with Crippen molar-refractivity contribution in [2.75, 3.05) is 13.1 Å². The molecule has 3 N–H and O–H groups in total. The highest BCUT2D eigenvalue weighted by molar-refractivity contribution is 5.85. The van der Waals surface area contributed by atoms with Crippen LogP contribution in [0, 0.1) is 5.92 Å². The Labute approximate surface area is 116 Å². The highest BCUT2D eigenvalue weighted by Crippen LogP contribution is 2.36. The van der Waals surface area contributed by atoms with Gasteiger partial charge in [0, 0.05) is 18.6 Å². The minimum Gasteiger partial charge on any atom is -0.368 e. The summed E-state index contributed by atoms with van der Waals surface area (Å²) in [5, 5.41) is 3.57. The molecule has 3 aliphatic rings. The fourth-order valence-electron chi connectivity index (χ4n) is 3.90. The zero-order valence-electron chi connectivity index (χ0n) is 12.0. The Bertz CT molecular complexity index is 355. The summed E-state index contributed by atoms with van der Waals surface area (Å²) in [6.45, 7) is 4.72. The fourth-order valence-corrected chi connectivity index (χ4v) is 3.90. The van der Waals surface area contributed by atoms with Crippen molar-refractivity contribution in [3.05, 3.63) is 0 Å². The molecule has 4 nitrogen and oxygen atoms in total. The maximum atomic E-state index is 12.0. The molecule has 2 saturated carbocycles. The lowest BCUT2D eigenvalue weighted by Crippen LogP contribution is -2.61. The van der Waals surface area contributed by atoms with Gasteiger partial charge >= 0.3 is 0 Å². The van der Waals surface area contributed by atoms with Gasteiger partial charge in [-0.2, -0.15) is 0 Å². The number of amides is 1. The second kappa shape index (κ2) is 5.06. The first kappa shape index (κ1) is 13.4. The molecule has 4 heteroatoms. The van der Waals surface area contributed by atoms with E-state index in [1.807, 2.05) is 0 Å². The predicted molar refractivity (Wildman–Crippen MR) is 75.7 cm³/mol. The van der Waals surface area contributed by atoms with E-state index < -0.39 is 5.54 Å². The first-order valence-electron chi connectivity index (χ1n) is 7.91. The molecule has 1 heterocycles. The quantitative estimate of drug-likeness (QED) is 0.804. The number of nitrogens with one attached hydrogen (secondary N) is 1. The van der Waals surface area contributed by atoms with Crippen molar-refractivity contribution < 1.29 is 4.79 Å². The molecule has 3 atom stereocenters. The molecule has 0 aromatic rings. The Morgan fingerprint density at radius 2 is 2.11 bits per heavy atom. The van der Waals surface area contributed by atoms with Crippen LogP contribution in [0.4, 0.5) is 0 Å². The van der Waals surface area contributed by atoms with E-state index in [9.17, 15) is 4.79 Å². The van der Waals surface area contributed by atoms with E-state index >= 15 is 0 Å². The first-order chi connectivity index (χ1) is 9.09. The summed E-state index contributed by atoms with van der Waals surface area (Å²) in [6.07, 6.45) is 7.92. The van der Waals surface area contributed by atoms with E-state index in [4.69, 9.17) is 5.73 Å². The van der Waals surface area contributed by atoms with Crippen LogP contribution in [0.25, 0.3) is 0 Å². The van der Waals surface area contributed by atoms with Gasteiger partial charge in [0.25, 0.3) is 0 Å². The molecule has 1 saturated heterocycles. The van der Waals surface area contributed by atoms with Crippen molar-refractivity contribution in [1.29, 1.82) is 0 Å². The maximum absolute atomic E-state index is 12.0. The predicted octanol–water partition coefficient (Wildman–Crippen LogP) is 1.25. The van der Waals surface area contributed by atoms with Crippen molar-refractivity contribution in [3.63, 3.8) is 0 Å². The summed E-state index contributed by atoms with van der Waals surface area (Å²) >= 11 is 0. The molecule has 3 fully saturated rings. The number of nitrogens with zero attached hydrogens (tertiary/aromatic N) is 1. The summed E-state index contributed by atoms with van der Waals surface area (Å²) in [7, 11) is 0. The maximum Gasteiger partial charge on any atom is 0.237 e. The molecule has 0 radical (unpaired) electrons. The van der Waals surface area contributed by atoms with Crippen LogP contribution >= 0.6 is 0 Å². The third-order valence-electron chi connectivity index (χ3n) is 5.23. The van der Waals surface area contributed by atoms with Crippen molar-refractivity contribution >= 4 is 5.91 Å². The third-order valence-corrected chi connectivity index (χ3v) is 5.23. The minimum atomic E-state index is -0.421. The molecule has 1 amide bonds. The van der Waals surface area contributed by atoms with Crippen molar-refractivity contribution in [2.24, 2.45) is 11.7 Å². The molecule has 0 bridgehead atoms. The van der Waals surface area contributed by atoms with Crippen LogP contribution in [-0.2, 0) is 4.79 Å². The molecule has 2 aliphatic carbocycles. The van der Waals surface area contributed by atoms with E-state index in [2.05, 4.69) is 17.1 Å². The zero-order chi connectivity index (χ0) is 13.5. The summed E-state index contributed by atoms with van der Waals surface area (Å²) in [5.74, 6) is 0.678. The lowest BCUT2D eigenvalue weighted by molar-refractivity contribution is -0.126. The van der Waals surface area contributed by atoms with Gasteiger partial charge in [0.1, 0.15) is 0 Å². The molecular formula is C15H27N3O. The Hall–Kier alpha value is -0.610. The lowest BCUT2D eigenvalue weighted by Gasteiger charge is -2.42. The molecule has 0 aromatic carbocycles. The number of primary amides is 1. The van der Waals surface area contributed by atoms with E-state index in [-0.39, 0.29) is 5.91 Å². The summed E-state index contributed by atoms with van der Waals surface area (Å²) in [5.41, 5.74) is 5.33. The Balaban J connectivity index is 1.69. The largest absolute Gasteiger partial charge is 0.368 e. The second-order valence-electron chi connectivity index (χ2n) is 7.00. The number of carbonyl (C=O) groups is 1. The fraction of sp³-hybridized carbons (Fsp3) is 0.933. The van der Waals surface area contributed by atoms with Gasteiger partial charge in [-0.15, -0.1) is 0 Å². The molecular weight excluding hydrogens is 238 g/mol. The van der Waals surface area contributed by atoms with Crippen LogP contribution in [0.15, 0.2) is 0 Å². The Morgan fingerprint density at radius 3 is 2.68 bits per heavy atom. The van der Waals surface area contributed by atoms with Gasteiger partial charge in [-0.05, 0) is 57.4 Å². The minimum absolute atomic E-state index is 0.128. The van der Waals surface area contributed by atoms with Crippen LogP contribution in [0.2, 0.25) is 0 Å². The average Bonchev–Trinajstić information content (AvgIpc) is 3.08. The van der Waals surface area contributed by atoms with Gasteiger partial charge < -0.3 is 16.0 Å². The molecule has 1 aliphatic heterocycles. The van der Waals surface area contributed by atoms with Gasteiger partial charge in [0.2, 0.25) is 5.91 Å². The van der Waals surface area contributed by atoms with E-state index in [0.29, 0.717) is 12.1 Å². The van der Waals surface area contributed by atoms with Crippen molar-refractivity contribution in [3.8, 4) is 0 Å². The standard InChI is InChI=1S/C15H27N3O/c1-11-6-8-18(10-11)13-3-2-7-15(9-13,14(16)19)17-12-4-5-12/h11-13,17H,2-10H2,1H3,(H2,16,19). The van der Waals surface area contributed by atoms with E-state index in [1.54, 1.807) is 0 Å². The van der Waals surface area contributed by atoms with Gasteiger partial charge in [-0.25, -0.2) is 0 Å². The number of carbonyl (C=O) groups excluding carboxylic acids is 1. The van der Waals surface area contributed by atoms with Crippen LogP contribution < -0.4 is 11.1 Å². The van der Waals surface area contributed by atoms with Gasteiger partial charge in [-0.3, -0.25) is 4.79 Å². The van der Waals surface area contributed by atoms with Crippen molar-refractivity contribution in [1.82, 2.24) is 10.2 Å². The lowest BCUT2D eigenvalue weighted by atomic mass is 9.77. The zero-order valence-corrected chi connectivity index (χ0v) is 12.0. The number of nitrogens with two attached hydrogens (primary N) is 1. The molecule has 19 heavy (non-hydrogen) atoms. The van der Waals surface area contributed by atoms with Gasteiger partial charge in [0.15, 0.2) is 0 Å². The van der Waals surface area contributed by atoms with Crippen LogP contribution in [-0.4, -0.2) is 41.5 Å². The van der Waals surface area contributed by atoms with E-state index in [1.165, 1.54) is 38.8 Å². The number of rotatable bonds is 4. The molecule has 3 rings (SSSR count). The SMILES string of the molecule is CC1CCN(C2CCCC(NC3CC3)(C(N)=O)C2)C1. The summed E-state index contributed by atoms with van der Waals surface area (Å²) in [4.78, 5) is 14.6. The first-order valence-corrected chi connectivity index (χ1v) is 7.91.